The Hall–Kier alpha value is 3.48. The number of hydrogen-bond donors (Lipinski definition) is 0. The Labute approximate surface area is 115 Å². The first-order chi connectivity index (χ1) is 0. The van der Waals surface area contributed by atoms with Gasteiger partial charge in [-0.25, -0.2) is 0 Å². The van der Waals surface area contributed by atoms with Crippen LogP contribution in [0.2, 0.25) is 0 Å². The van der Waals surface area contributed by atoms with Gasteiger partial charge in [0.25, 0.3) is 0 Å². The maximum atomic E-state index is 0. The average Bonchev–Trinajstić information content (AvgIpc) is 0. The van der Waals surface area contributed by atoms with Crippen molar-refractivity contribution in [3.05, 3.63) is 0 Å². The first kappa shape index (κ1) is 25.9. The molecule has 0 bridgehead atoms. The molecule has 4 heavy (non-hydrogen) atoms. The molecule has 4 heteroatoms. The zero-order valence-electron chi connectivity index (χ0n) is 5.52. The minimum atomic E-state index is 0. The standard InChI is InChI=1S/Ca.2ClH.K.3H/h;2*1H;;;;/q+2;;;+1;3*-1. The SMILES string of the molecule is Cl.Cl.[Ca+2].[H-].[H-].[H-].[K+]. The number of rotatable bonds is 0. The van der Waals surface area contributed by atoms with Crippen LogP contribution in [0.25, 0.3) is 0 Å². The summed E-state index contributed by atoms with van der Waals surface area (Å²) in [5, 5.41) is 0. The molecule has 0 fully saturated rings. The van der Waals surface area contributed by atoms with Crippen LogP contribution < -0.4 is 51.4 Å². The second-order valence-electron chi connectivity index (χ2n) is 0. The average molecular weight is 155 g/mol. The summed E-state index contributed by atoms with van der Waals surface area (Å²) in [5.74, 6) is 0. The van der Waals surface area contributed by atoms with E-state index in [4.69, 9.17) is 0 Å². The fourth-order valence-electron chi connectivity index (χ4n) is 0. The van der Waals surface area contributed by atoms with Gasteiger partial charge in [0.1, 0.15) is 0 Å². The van der Waals surface area contributed by atoms with Gasteiger partial charge >= 0.3 is 89.1 Å². The summed E-state index contributed by atoms with van der Waals surface area (Å²) in [7, 11) is 0. The molecule has 0 aliphatic heterocycles. The quantitative estimate of drug-likeness (QED) is 0.348. The van der Waals surface area contributed by atoms with E-state index in [2.05, 4.69) is 0 Å². The second-order valence-corrected chi connectivity index (χ2v) is 0. The molecular weight excluding hydrogens is 150 g/mol. The van der Waals surface area contributed by atoms with E-state index in [1.54, 1.807) is 0 Å². The third-order valence-corrected chi connectivity index (χ3v) is 0. The van der Waals surface area contributed by atoms with Gasteiger partial charge in [0.2, 0.25) is 0 Å². The molecule has 0 atom stereocenters. The summed E-state index contributed by atoms with van der Waals surface area (Å²) in [6, 6.07) is 0. The van der Waals surface area contributed by atoms with Crippen molar-refractivity contribution >= 4 is 62.6 Å². The molecule has 0 radical (unpaired) electrons. The zero-order valence-corrected chi connectivity index (χ0v) is 9.49. The third kappa shape index (κ3) is 9.08. The van der Waals surface area contributed by atoms with E-state index < -0.39 is 0 Å². The largest absolute Gasteiger partial charge is 2.00 e. The van der Waals surface area contributed by atoms with Crippen LogP contribution in [0.4, 0.5) is 0 Å². The minimum absolute atomic E-state index is 0. The van der Waals surface area contributed by atoms with Crippen molar-refractivity contribution < 1.29 is 55.7 Å². The summed E-state index contributed by atoms with van der Waals surface area (Å²) in [6.45, 7) is 0. The van der Waals surface area contributed by atoms with E-state index in [-0.39, 0.29) is 118 Å². The van der Waals surface area contributed by atoms with E-state index in [1.807, 2.05) is 0 Å². The molecule has 0 saturated heterocycles. The fraction of sp³-hybridized carbons (Fsp3) is 0. The predicted molar refractivity (Wildman–Crippen MR) is 23.6 cm³/mol. The second kappa shape index (κ2) is 16.1. The summed E-state index contributed by atoms with van der Waals surface area (Å²) in [6.07, 6.45) is 0. The number of halogens is 2. The smallest absolute Gasteiger partial charge is 1.00 e. The zero-order chi connectivity index (χ0) is 0. The van der Waals surface area contributed by atoms with Gasteiger partial charge in [-0.05, 0) is 0 Å². The topological polar surface area (TPSA) is 0 Å². The van der Waals surface area contributed by atoms with E-state index in [1.165, 1.54) is 0 Å². The molecule has 0 rings (SSSR count). The van der Waals surface area contributed by atoms with Crippen LogP contribution in [-0.4, -0.2) is 37.7 Å². The molecule has 0 heterocycles. The van der Waals surface area contributed by atoms with Crippen molar-refractivity contribution in [1.29, 1.82) is 0 Å². The normalized spacial score (nSPS) is 0. The molecule has 0 aliphatic carbocycles. The van der Waals surface area contributed by atoms with E-state index >= 15 is 0 Å². The van der Waals surface area contributed by atoms with Crippen molar-refractivity contribution in [2.24, 2.45) is 0 Å². The van der Waals surface area contributed by atoms with E-state index in [0.29, 0.717) is 0 Å². The Kier molecular flexibility index (Phi) is 104. The molecule has 0 N–H and O–H groups in total. The summed E-state index contributed by atoms with van der Waals surface area (Å²) >= 11 is 0. The molecule has 0 aliphatic rings. The molecule has 0 unspecified atom stereocenters. The molecule has 22 valence electrons. The van der Waals surface area contributed by atoms with Gasteiger partial charge in [-0.2, -0.15) is 0 Å². The Morgan fingerprint density at radius 1 is 1.00 bits per heavy atom. The van der Waals surface area contributed by atoms with Crippen LogP contribution >= 0.6 is 24.8 Å². The molecule has 0 aromatic heterocycles. The van der Waals surface area contributed by atoms with E-state index in [9.17, 15) is 0 Å². The van der Waals surface area contributed by atoms with Crippen LogP contribution in [0.3, 0.4) is 0 Å². The Balaban J connectivity index is 0. The fourth-order valence-corrected chi connectivity index (χ4v) is 0. The minimum Gasteiger partial charge on any atom is -1.00 e. The summed E-state index contributed by atoms with van der Waals surface area (Å²) < 4.78 is 0. The van der Waals surface area contributed by atoms with E-state index in [0.717, 1.165) is 0 Å². The van der Waals surface area contributed by atoms with Gasteiger partial charge in [0.15, 0.2) is 0 Å². The van der Waals surface area contributed by atoms with Gasteiger partial charge in [0.05, 0.1) is 0 Å². The van der Waals surface area contributed by atoms with Crippen molar-refractivity contribution in [2.75, 3.05) is 0 Å². The molecular formula is H5CaCl2K. The van der Waals surface area contributed by atoms with Crippen molar-refractivity contribution in [3.8, 4) is 0 Å². The third-order valence-electron chi connectivity index (χ3n) is 0. The molecule has 0 spiro atoms. The molecule has 0 amide bonds. The molecule has 0 aromatic rings. The van der Waals surface area contributed by atoms with Crippen molar-refractivity contribution in [3.63, 3.8) is 0 Å². The Morgan fingerprint density at radius 2 is 1.00 bits per heavy atom. The van der Waals surface area contributed by atoms with Crippen LogP contribution in [0.1, 0.15) is 4.28 Å². The van der Waals surface area contributed by atoms with Crippen LogP contribution in [0.5, 0.6) is 0 Å². The van der Waals surface area contributed by atoms with Crippen LogP contribution in [0, 0.1) is 0 Å². The molecule has 0 aromatic carbocycles. The Bertz CT molecular complexity index is 12.9. The monoisotopic (exact) mass is 154 g/mol. The number of hydrogen-bond acceptors (Lipinski definition) is 0. The van der Waals surface area contributed by atoms with Gasteiger partial charge in [0, 0.05) is 0 Å². The van der Waals surface area contributed by atoms with Gasteiger partial charge < -0.3 is 4.28 Å². The van der Waals surface area contributed by atoms with Crippen LogP contribution in [0.15, 0.2) is 0 Å². The van der Waals surface area contributed by atoms with Crippen molar-refractivity contribution in [2.45, 2.75) is 0 Å². The predicted octanol–water partition coefficient (Wildman–Crippen LogP) is -2.20. The van der Waals surface area contributed by atoms with Gasteiger partial charge in [-0.3, -0.25) is 0 Å². The van der Waals surface area contributed by atoms with Crippen molar-refractivity contribution in [1.82, 2.24) is 0 Å². The van der Waals surface area contributed by atoms with Gasteiger partial charge in [-0.15, -0.1) is 24.8 Å². The summed E-state index contributed by atoms with van der Waals surface area (Å²) in [4.78, 5) is 0. The molecule has 0 nitrogen and oxygen atoms in total. The maximum absolute atomic E-state index is 0. The van der Waals surface area contributed by atoms with Crippen LogP contribution in [-0.2, 0) is 0 Å². The Morgan fingerprint density at radius 3 is 1.00 bits per heavy atom. The molecule has 0 saturated carbocycles. The maximum Gasteiger partial charge on any atom is 2.00 e. The summed E-state index contributed by atoms with van der Waals surface area (Å²) in [5.41, 5.74) is 0. The first-order valence-electron chi connectivity index (χ1n) is 0. The first-order valence-corrected chi connectivity index (χ1v) is 0. The van der Waals surface area contributed by atoms with Gasteiger partial charge in [-0.1, -0.05) is 0 Å².